The zero-order valence-corrected chi connectivity index (χ0v) is 16.8. The molecule has 8 nitrogen and oxygen atoms in total. The van der Waals surface area contributed by atoms with Gasteiger partial charge in [0, 0.05) is 0 Å². The van der Waals surface area contributed by atoms with Gasteiger partial charge in [-0.25, -0.2) is 4.79 Å². The van der Waals surface area contributed by atoms with Crippen molar-refractivity contribution < 1.29 is 19.1 Å². The Kier molecular flexibility index (Phi) is 6.02. The number of nitrogens with one attached hydrogen (secondary N) is 2. The number of methoxy groups -OCH3 is 1. The van der Waals surface area contributed by atoms with Crippen molar-refractivity contribution in [3.8, 4) is 11.8 Å². The van der Waals surface area contributed by atoms with Gasteiger partial charge in [0.1, 0.15) is 23.9 Å². The summed E-state index contributed by atoms with van der Waals surface area (Å²) in [4.78, 5) is 38.5. The fourth-order valence-corrected chi connectivity index (χ4v) is 3.27. The molecule has 0 spiro atoms. The molecule has 0 aliphatic carbocycles. The number of urea groups is 1. The molecule has 154 valence electrons. The first-order chi connectivity index (χ1) is 14.4. The van der Waals surface area contributed by atoms with Crippen molar-refractivity contribution in [1.29, 1.82) is 5.26 Å². The summed E-state index contributed by atoms with van der Waals surface area (Å²) in [6.07, 6.45) is 0.960. The van der Waals surface area contributed by atoms with Crippen LogP contribution < -0.4 is 15.4 Å². The largest absolute Gasteiger partial charge is 0.497 e. The predicted octanol–water partition coefficient (Wildman–Crippen LogP) is 2.45. The van der Waals surface area contributed by atoms with E-state index in [4.69, 9.17) is 10.00 Å². The highest BCUT2D eigenvalue weighted by Crippen LogP contribution is 2.24. The average Bonchev–Trinajstić information content (AvgIpc) is 2.96. The Hall–Kier alpha value is -3.86. The second kappa shape index (κ2) is 8.66. The van der Waals surface area contributed by atoms with Crippen molar-refractivity contribution in [2.75, 3.05) is 19.0 Å². The summed E-state index contributed by atoms with van der Waals surface area (Å²) in [5, 5.41) is 14.4. The van der Waals surface area contributed by atoms with Gasteiger partial charge in [-0.3, -0.25) is 14.5 Å². The number of imide groups is 1. The van der Waals surface area contributed by atoms with Crippen molar-refractivity contribution in [1.82, 2.24) is 10.2 Å². The minimum atomic E-state index is -1.10. The summed E-state index contributed by atoms with van der Waals surface area (Å²) >= 11 is 0. The second-order valence-electron chi connectivity index (χ2n) is 7.21. The summed E-state index contributed by atoms with van der Waals surface area (Å²) in [7, 11) is 1.59. The molecule has 1 fully saturated rings. The molecule has 0 radical (unpaired) electrons. The molecular formula is C22H22N4O4. The van der Waals surface area contributed by atoms with E-state index < -0.39 is 29.9 Å². The SMILES string of the molecule is COc1ccc(CC[C@@]2(C)NC(=O)N(CC(=O)Nc3ccccc3C#N)C2=O)cc1. The Morgan fingerprint density at radius 2 is 1.90 bits per heavy atom. The van der Waals surface area contributed by atoms with Gasteiger partial charge in [0.2, 0.25) is 5.91 Å². The lowest BCUT2D eigenvalue weighted by Crippen LogP contribution is -2.45. The van der Waals surface area contributed by atoms with Gasteiger partial charge >= 0.3 is 6.03 Å². The molecule has 0 saturated carbocycles. The van der Waals surface area contributed by atoms with E-state index in [9.17, 15) is 14.4 Å². The van der Waals surface area contributed by atoms with Crippen LogP contribution in [-0.2, 0) is 16.0 Å². The molecule has 4 amide bonds. The van der Waals surface area contributed by atoms with E-state index in [0.717, 1.165) is 16.2 Å². The van der Waals surface area contributed by atoms with Crippen molar-refractivity contribution >= 4 is 23.5 Å². The number of carbonyl (C=O) groups is 3. The number of hydrogen-bond acceptors (Lipinski definition) is 5. The van der Waals surface area contributed by atoms with Crippen LogP contribution in [0.5, 0.6) is 5.75 Å². The van der Waals surface area contributed by atoms with Gasteiger partial charge in [0.15, 0.2) is 0 Å². The van der Waals surface area contributed by atoms with Crippen LogP contribution in [0.15, 0.2) is 48.5 Å². The monoisotopic (exact) mass is 406 g/mol. The normalized spacial score (nSPS) is 18.0. The van der Waals surface area contributed by atoms with E-state index in [1.54, 1.807) is 38.3 Å². The third-order valence-electron chi connectivity index (χ3n) is 5.04. The van der Waals surface area contributed by atoms with Gasteiger partial charge in [-0.05, 0) is 49.6 Å². The Bertz CT molecular complexity index is 1010. The van der Waals surface area contributed by atoms with E-state index >= 15 is 0 Å². The van der Waals surface area contributed by atoms with Crippen LogP contribution >= 0.6 is 0 Å². The van der Waals surface area contributed by atoms with Crippen LogP contribution in [0.4, 0.5) is 10.5 Å². The molecule has 0 unspecified atom stereocenters. The lowest BCUT2D eigenvalue weighted by atomic mass is 9.93. The fraction of sp³-hybridized carbons (Fsp3) is 0.273. The maximum absolute atomic E-state index is 12.9. The highest BCUT2D eigenvalue weighted by molar-refractivity contribution is 6.10. The van der Waals surface area contributed by atoms with Gasteiger partial charge in [0.05, 0.1) is 18.4 Å². The van der Waals surface area contributed by atoms with Gasteiger partial charge in [-0.15, -0.1) is 0 Å². The van der Waals surface area contributed by atoms with Crippen molar-refractivity contribution in [3.63, 3.8) is 0 Å². The van der Waals surface area contributed by atoms with E-state index in [1.807, 2.05) is 30.3 Å². The van der Waals surface area contributed by atoms with E-state index in [1.165, 1.54) is 0 Å². The third kappa shape index (κ3) is 4.41. The number of hydrogen-bond donors (Lipinski definition) is 2. The summed E-state index contributed by atoms with van der Waals surface area (Å²) < 4.78 is 5.13. The number of anilines is 1. The second-order valence-corrected chi connectivity index (χ2v) is 7.21. The van der Waals surface area contributed by atoms with Crippen LogP contribution in [-0.4, -0.2) is 41.9 Å². The van der Waals surface area contributed by atoms with Crippen molar-refractivity contribution in [3.05, 3.63) is 59.7 Å². The lowest BCUT2D eigenvalue weighted by molar-refractivity contribution is -0.133. The molecule has 0 aromatic heterocycles. The number of para-hydroxylation sites is 1. The summed E-state index contributed by atoms with van der Waals surface area (Å²) in [6, 6.07) is 15.4. The maximum Gasteiger partial charge on any atom is 0.325 e. The van der Waals surface area contributed by atoms with E-state index in [-0.39, 0.29) is 0 Å². The number of nitrogens with zero attached hydrogens (tertiary/aromatic N) is 2. The van der Waals surface area contributed by atoms with E-state index in [2.05, 4.69) is 10.6 Å². The van der Waals surface area contributed by atoms with Crippen molar-refractivity contribution in [2.24, 2.45) is 0 Å². The first kappa shape index (κ1) is 20.9. The quantitative estimate of drug-likeness (QED) is 0.686. The van der Waals surface area contributed by atoms with Crippen molar-refractivity contribution in [2.45, 2.75) is 25.3 Å². The minimum absolute atomic E-state index is 0.298. The molecule has 3 rings (SSSR count). The minimum Gasteiger partial charge on any atom is -0.497 e. The Balaban J connectivity index is 1.63. The standard InChI is InChI=1S/C22H22N4O4/c1-22(12-11-15-7-9-17(30-2)10-8-15)20(28)26(21(29)25-22)14-19(27)24-18-6-4-3-5-16(18)13-23/h3-10H,11-12,14H2,1-2H3,(H,24,27)(H,25,29)/t22-/m1/s1. The predicted molar refractivity (Wildman–Crippen MR) is 110 cm³/mol. The maximum atomic E-state index is 12.9. The molecule has 1 atom stereocenters. The molecule has 1 heterocycles. The van der Waals surface area contributed by atoms with Crippen LogP contribution in [0.25, 0.3) is 0 Å². The molecular weight excluding hydrogens is 384 g/mol. The number of carbonyl (C=O) groups excluding carboxylic acids is 3. The van der Waals surface area contributed by atoms with E-state index in [0.29, 0.717) is 24.1 Å². The number of amides is 4. The van der Waals surface area contributed by atoms with Crippen LogP contribution in [0, 0.1) is 11.3 Å². The van der Waals surface area contributed by atoms with Crippen LogP contribution in [0.2, 0.25) is 0 Å². The fourth-order valence-electron chi connectivity index (χ4n) is 3.27. The Morgan fingerprint density at radius 3 is 2.57 bits per heavy atom. The smallest absolute Gasteiger partial charge is 0.325 e. The Labute approximate surface area is 174 Å². The number of benzene rings is 2. The van der Waals surface area contributed by atoms with Gasteiger partial charge in [-0.1, -0.05) is 24.3 Å². The first-order valence-corrected chi connectivity index (χ1v) is 9.42. The van der Waals surface area contributed by atoms with Gasteiger partial charge in [-0.2, -0.15) is 5.26 Å². The topological polar surface area (TPSA) is 112 Å². The van der Waals surface area contributed by atoms with Crippen LogP contribution in [0.3, 0.4) is 0 Å². The summed E-state index contributed by atoms with van der Waals surface area (Å²) in [6.45, 7) is 1.22. The van der Waals surface area contributed by atoms with Gasteiger partial charge < -0.3 is 15.4 Å². The number of nitriles is 1. The average molecular weight is 406 g/mol. The highest BCUT2D eigenvalue weighted by atomic mass is 16.5. The molecule has 1 aliphatic rings. The molecule has 30 heavy (non-hydrogen) atoms. The number of rotatable bonds is 7. The summed E-state index contributed by atoms with van der Waals surface area (Å²) in [5.41, 5.74) is 0.539. The molecule has 1 aliphatic heterocycles. The first-order valence-electron chi connectivity index (χ1n) is 9.42. The molecule has 2 N–H and O–H groups in total. The molecule has 0 bridgehead atoms. The van der Waals surface area contributed by atoms with Crippen LogP contribution in [0.1, 0.15) is 24.5 Å². The Morgan fingerprint density at radius 1 is 1.20 bits per heavy atom. The van der Waals surface area contributed by atoms with Gasteiger partial charge in [0.25, 0.3) is 5.91 Å². The third-order valence-corrected chi connectivity index (χ3v) is 5.04. The number of ether oxygens (including phenoxy) is 1. The summed E-state index contributed by atoms with van der Waals surface area (Å²) in [5.74, 6) is -0.268. The lowest BCUT2D eigenvalue weighted by Gasteiger charge is -2.21. The molecule has 1 saturated heterocycles. The highest BCUT2D eigenvalue weighted by Gasteiger charge is 2.47. The zero-order valence-electron chi connectivity index (χ0n) is 16.8. The zero-order chi connectivity index (χ0) is 21.7. The molecule has 2 aromatic carbocycles. The number of aryl methyl sites for hydroxylation is 1. The molecule has 8 heteroatoms. The molecule has 2 aromatic rings.